The van der Waals surface area contributed by atoms with Crippen molar-refractivity contribution in [1.82, 2.24) is 10.2 Å². The maximum Gasteiger partial charge on any atom is 0.270 e. The highest BCUT2D eigenvalue weighted by atomic mass is 19.3. The van der Waals surface area contributed by atoms with Crippen LogP contribution in [0.2, 0.25) is 0 Å². The van der Waals surface area contributed by atoms with Crippen LogP contribution in [-0.4, -0.2) is 54.1 Å². The fourth-order valence-electron chi connectivity index (χ4n) is 5.11. The van der Waals surface area contributed by atoms with Crippen LogP contribution in [0.1, 0.15) is 45.1 Å². The average Bonchev–Trinajstić information content (AvgIpc) is 3.26. The van der Waals surface area contributed by atoms with Crippen LogP contribution in [0.15, 0.2) is 36.4 Å². The largest absolute Gasteiger partial charge is 0.371 e. The van der Waals surface area contributed by atoms with Gasteiger partial charge in [0, 0.05) is 37.2 Å². The van der Waals surface area contributed by atoms with Crippen LogP contribution in [-0.2, 0) is 16.0 Å². The SMILES string of the molecule is CC(C)N1CC[C@H](O[C@H]2CCCC(F)(F)[C@@H]2NC(=O)Cc2cccc(-c3cc(F)cc(F)c3)c2F)C1. The summed E-state index contributed by atoms with van der Waals surface area (Å²) in [6.07, 6.45) is -0.483. The van der Waals surface area contributed by atoms with Gasteiger partial charge in [0.05, 0.1) is 18.6 Å². The average molecular weight is 511 g/mol. The summed E-state index contributed by atoms with van der Waals surface area (Å²) in [5.74, 6) is -6.49. The Kier molecular flexibility index (Phi) is 7.99. The van der Waals surface area contributed by atoms with Crippen LogP contribution in [0, 0.1) is 17.5 Å². The monoisotopic (exact) mass is 510 g/mol. The number of carbonyl (C=O) groups is 1. The molecule has 2 aromatic rings. The molecule has 2 fully saturated rings. The number of benzene rings is 2. The molecule has 1 aliphatic heterocycles. The van der Waals surface area contributed by atoms with Gasteiger partial charge in [-0.25, -0.2) is 22.0 Å². The van der Waals surface area contributed by atoms with Crippen LogP contribution < -0.4 is 5.32 Å². The highest BCUT2D eigenvalue weighted by molar-refractivity contribution is 5.80. The van der Waals surface area contributed by atoms with Gasteiger partial charge >= 0.3 is 0 Å². The van der Waals surface area contributed by atoms with Crippen molar-refractivity contribution in [2.75, 3.05) is 13.1 Å². The molecular formula is C27H31F5N2O2. The molecule has 0 aromatic heterocycles. The van der Waals surface area contributed by atoms with E-state index < -0.39 is 47.8 Å². The smallest absolute Gasteiger partial charge is 0.270 e. The lowest BCUT2D eigenvalue weighted by Crippen LogP contribution is -2.58. The fourth-order valence-corrected chi connectivity index (χ4v) is 5.11. The Morgan fingerprint density at radius 1 is 1.14 bits per heavy atom. The number of amides is 1. The van der Waals surface area contributed by atoms with Gasteiger partial charge < -0.3 is 10.1 Å². The van der Waals surface area contributed by atoms with Gasteiger partial charge in [-0.1, -0.05) is 18.2 Å². The minimum atomic E-state index is -3.16. The summed E-state index contributed by atoms with van der Waals surface area (Å²) in [7, 11) is 0. The summed E-state index contributed by atoms with van der Waals surface area (Å²) in [4.78, 5) is 15.0. The summed E-state index contributed by atoms with van der Waals surface area (Å²) in [5, 5.41) is 2.41. The van der Waals surface area contributed by atoms with E-state index in [1.807, 2.05) is 0 Å². The zero-order chi connectivity index (χ0) is 26.0. The maximum atomic E-state index is 15.2. The van der Waals surface area contributed by atoms with Crippen LogP contribution in [0.5, 0.6) is 0 Å². The lowest BCUT2D eigenvalue weighted by Gasteiger charge is -2.39. The predicted molar refractivity (Wildman–Crippen MR) is 126 cm³/mol. The van der Waals surface area contributed by atoms with Crippen molar-refractivity contribution in [3.05, 3.63) is 59.4 Å². The van der Waals surface area contributed by atoms with E-state index in [-0.39, 0.29) is 35.6 Å². The Morgan fingerprint density at radius 2 is 1.86 bits per heavy atom. The van der Waals surface area contributed by atoms with Crippen molar-refractivity contribution in [3.8, 4) is 11.1 Å². The van der Waals surface area contributed by atoms with E-state index in [4.69, 9.17) is 4.74 Å². The molecule has 2 aliphatic rings. The first-order valence-electron chi connectivity index (χ1n) is 12.3. The second-order valence-corrected chi connectivity index (χ2v) is 9.99. The van der Waals surface area contributed by atoms with Crippen molar-refractivity contribution >= 4 is 5.91 Å². The van der Waals surface area contributed by atoms with Gasteiger partial charge in [-0.2, -0.15) is 0 Å². The molecule has 1 aliphatic carbocycles. The van der Waals surface area contributed by atoms with Gasteiger partial charge in [0.1, 0.15) is 23.5 Å². The lowest BCUT2D eigenvalue weighted by atomic mass is 9.88. The Labute approximate surface area is 207 Å². The lowest BCUT2D eigenvalue weighted by molar-refractivity contribution is -0.151. The molecule has 9 heteroatoms. The predicted octanol–water partition coefficient (Wildman–Crippen LogP) is 5.49. The molecule has 1 saturated heterocycles. The zero-order valence-electron chi connectivity index (χ0n) is 20.4. The Bertz CT molecular complexity index is 1070. The van der Waals surface area contributed by atoms with Gasteiger partial charge in [-0.05, 0) is 56.4 Å². The molecule has 0 spiro atoms. The summed E-state index contributed by atoms with van der Waals surface area (Å²) in [6, 6.07) is 5.59. The molecule has 1 heterocycles. The molecular weight excluding hydrogens is 479 g/mol. The van der Waals surface area contributed by atoms with Gasteiger partial charge in [0.2, 0.25) is 5.91 Å². The van der Waals surface area contributed by atoms with Crippen molar-refractivity contribution in [2.45, 2.75) is 76.2 Å². The summed E-state index contributed by atoms with van der Waals surface area (Å²) in [5.41, 5.74) is -0.167. The molecule has 0 unspecified atom stereocenters. The number of nitrogens with one attached hydrogen (secondary N) is 1. The first-order chi connectivity index (χ1) is 17.0. The number of alkyl halides is 2. The highest BCUT2D eigenvalue weighted by Gasteiger charge is 2.49. The minimum absolute atomic E-state index is 0.0217. The van der Waals surface area contributed by atoms with Crippen molar-refractivity contribution in [1.29, 1.82) is 0 Å². The van der Waals surface area contributed by atoms with Crippen LogP contribution >= 0.6 is 0 Å². The first-order valence-corrected chi connectivity index (χ1v) is 12.3. The van der Waals surface area contributed by atoms with Crippen molar-refractivity contribution < 1.29 is 31.5 Å². The van der Waals surface area contributed by atoms with Crippen LogP contribution in [0.3, 0.4) is 0 Å². The molecule has 1 N–H and O–H groups in total. The Balaban J connectivity index is 1.47. The number of halogens is 5. The highest BCUT2D eigenvalue weighted by Crippen LogP contribution is 2.36. The normalized spacial score (nSPS) is 24.3. The van der Waals surface area contributed by atoms with Gasteiger partial charge in [0.15, 0.2) is 0 Å². The molecule has 1 amide bonds. The van der Waals surface area contributed by atoms with Crippen LogP contribution in [0.25, 0.3) is 11.1 Å². The summed E-state index contributed by atoms with van der Waals surface area (Å²) < 4.78 is 78.2. The molecule has 1 saturated carbocycles. The topological polar surface area (TPSA) is 41.6 Å². The third-order valence-corrected chi connectivity index (χ3v) is 7.02. The van der Waals surface area contributed by atoms with E-state index in [0.717, 1.165) is 25.1 Å². The van der Waals surface area contributed by atoms with E-state index in [1.54, 1.807) is 0 Å². The molecule has 4 rings (SSSR count). The zero-order valence-corrected chi connectivity index (χ0v) is 20.4. The van der Waals surface area contributed by atoms with Crippen LogP contribution in [0.4, 0.5) is 22.0 Å². The number of ether oxygens (including phenoxy) is 1. The minimum Gasteiger partial charge on any atom is -0.371 e. The fraction of sp³-hybridized carbons (Fsp3) is 0.519. The van der Waals surface area contributed by atoms with Crippen molar-refractivity contribution in [3.63, 3.8) is 0 Å². The molecule has 36 heavy (non-hydrogen) atoms. The first kappa shape index (κ1) is 26.5. The Morgan fingerprint density at radius 3 is 2.53 bits per heavy atom. The second kappa shape index (κ2) is 10.8. The molecule has 0 bridgehead atoms. The number of hydrogen-bond donors (Lipinski definition) is 1. The molecule has 3 atom stereocenters. The van der Waals surface area contributed by atoms with Crippen molar-refractivity contribution in [2.24, 2.45) is 0 Å². The number of carbonyl (C=O) groups excluding carboxylic acids is 1. The molecule has 196 valence electrons. The maximum absolute atomic E-state index is 15.2. The summed E-state index contributed by atoms with van der Waals surface area (Å²) >= 11 is 0. The molecule has 2 aromatic carbocycles. The number of rotatable bonds is 7. The third-order valence-electron chi connectivity index (χ3n) is 7.02. The van der Waals surface area contributed by atoms with E-state index in [0.29, 0.717) is 25.1 Å². The van der Waals surface area contributed by atoms with E-state index in [9.17, 15) is 22.4 Å². The second-order valence-electron chi connectivity index (χ2n) is 9.99. The van der Waals surface area contributed by atoms with E-state index >= 15 is 4.39 Å². The van der Waals surface area contributed by atoms with E-state index in [2.05, 4.69) is 24.1 Å². The quantitative estimate of drug-likeness (QED) is 0.502. The number of nitrogens with zero attached hydrogens (tertiary/aromatic N) is 1. The molecule has 0 radical (unpaired) electrons. The molecule has 4 nitrogen and oxygen atoms in total. The van der Waals surface area contributed by atoms with Gasteiger partial charge in [-0.15, -0.1) is 0 Å². The van der Waals surface area contributed by atoms with Gasteiger partial charge in [0.25, 0.3) is 5.92 Å². The number of likely N-dealkylation sites (tertiary alicyclic amines) is 1. The Hall–Kier alpha value is -2.52. The number of hydrogen-bond acceptors (Lipinski definition) is 3. The standard InChI is InChI=1S/C27H31F5N2O2/c1-16(2)34-10-8-21(15-34)36-23-7-4-9-27(31,32)26(23)33-24(35)13-17-5-3-6-22(25(17)30)18-11-19(28)14-20(29)12-18/h3,5-6,11-12,14,16,21,23,26H,4,7-10,13,15H2,1-2H3,(H,33,35)/t21-,23-,26+/m0/s1. The van der Waals surface area contributed by atoms with E-state index in [1.165, 1.54) is 18.2 Å². The summed E-state index contributed by atoms with van der Waals surface area (Å²) in [6.45, 7) is 5.62. The third kappa shape index (κ3) is 6.06. The van der Waals surface area contributed by atoms with Gasteiger partial charge in [-0.3, -0.25) is 9.69 Å².